The molecule has 0 bridgehead atoms. The Labute approximate surface area is 248 Å². The molecule has 6 rings (SSSR count). The lowest BCUT2D eigenvalue weighted by molar-refractivity contribution is -0.137. The number of hydrogen-bond acceptors (Lipinski definition) is 3. The molecular formula is C37H41NO2S. The Morgan fingerprint density at radius 2 is 1.63 bits per heavy atom. The molecule has 1 fully saturated rings. The number of rotatable bonds is 11. The minimum Gasteiger partial charge on any atom is -0.481 e. The summed E-state index contributed by atoms with van der Waals surface area (Å²) >= 11 is 1.83. The van der Waals surface area contributed by atoms with Crippen LogP contribution in [0.25, 0.3) is 10.4 Å². The third-order valence-electron chi connectivity index (χ3n) is 9.10. The molecule has 1 aromatic heterocycles. The zero-order chi connectivity index (χ0) is 28.0. The largest absolute Gasteiger partial charge is 0.481 e. The van der Waals surface area contributed by atoms with Crippen LogP contribution < -0.4 is 0 Å². The van der Waals surface area contributed by atoms with Crippen LogP contribution in [-0.2, 0) is 30.7 Å². The third kappa shape index (κ3) is 7.17. The highest BCUT2D eigenvalue weighted by atomic mass is 32.1. The van der Waals surface area contributed by atoms with Gasteiger partial charge in [0.25, 0.3) is 0 Å². The van der Waals surface area contributed by atoms with Crippen molar-refractivity contribution < 1.29 is 9.90 Å². The highest BCUT2D eigenvalue weighted by Gasteiger charge is 2.24. The van der Waals surface area contributed by atoms with Gasteiger partial charge in [-0.2, -0.15) is 0 Å². The van der Waals surface area contributed by atoms with E-state index in [1.807, 2.05) is 29.5 Å². The minimum absolute atomic E-state index is 0.154. The molecule has 1 N–H and O–H groups in total. The Morgan fingerprint density at radius 1 is 0.829 bits per heavy atom. The van der Waals surface area contributed by atoms with Gasteiger partial charge < -0.3 is 5.11 Å². The van der Waals surface area contributed by atoms with Gasteiger partial charge in [-0.3, -0.25) is 9.69 Å². The van der Waals surface area contributed by atoms with E-state index in [0.29, 0.717) is 12.5 Å². The van der Waals surface area contributed by atoms with E-state index in [1.165, 1.54) is 76.1 Å². The molecule has 3 aromatic carbocycles. The Bertz CT molecular complexity index is 1440. The molecule has 0 spiro atoms. The first-order valence-corrected chi connectivity index (χ1v) is 16.2. The average molecular weight is 564 g/mol. The van der Waals surface area contributed by atoms with Crippen molar-refractivity contribution in [3.8, 4) is 10.4 Å². The van der Waals surface area contributed by atoms with Crippen molar-refractivity contribution in [3.63, 3.8) is 0 Å². The van der Waals surface area contributed by atoms with Gasteiger partial charge in [-0.15, -0.1) is 11.3 Å². The second-order valence-corrected chi connectivity index (χ2v) is 13.2. The van der Waals surface area contributed by atoms with Crippen molar-refractivity contribution in [2.24, 2.45) is 0 Å². The van der Waals surface area contributed by atoms with Crippen molar-refractivity contribution in [1.29, 1.82) is 0 Å². The van der Waals surface area contributed by atoms with E-state index in [-0.39, 0.29) is 6.42 Å². The maximum absolute atomic E-state index is 11.3. The van der Waals surface area contributed by atoms with Crippen LogP contribution in [0, 0.1) is 0 Å². The molecule has 1 unspecified atom stereocenters. The summed E-state index contributed by atoms with van der Waals surface area (Å²) in [5.74, 6) is 0.639. The zero-order valence-corrected chi connectivity index (χ0v) is 24.8. The van der Waals surface area contributed by atoms with Crippen LogP contribution >= 0.6 is 11.3 Å². The molecule has 2 aliphatic carbocycles. The predicted octanol–water partition coefficient (Wildman–Crippen LogP) is 9.21. The van der Waals surface area contributed by atoms with E-state index >= 15 is 0 Å². The number of aliphatic carboxylic acids is 1. The smallest absolute Gasteiger partial charge is 0.304 e. The molecule has 3 nitrogen and oxygen atoms in total. The van der Waals surface area contributed by atoms with E-state index in [2.05, 4.69) is 71.6 Å². The van der Waals surface area contributed by atoms with E-state index < -0.39 is 5.97 Å². The van der Waals surface area contributed by atoms with Crippen molar-refractivity contribution in [3.05, 3.63) is 118 Å². The fraction of sp³-hybridized carbons (Fsp3) is 0.378. The summed E-state index contributed by atoms with van der Waals surface area (Å²) in [6.07, 6.45) is 10.6. The number of nitrogens with zero attached hydrogens (tertiary/aromatic N) is 1. The second kappa shape index (κ2) is 13.2. The lowest BCUT2D eigenvalue weighted by Gasteiger charge is -2.22. The highest BCUT2D eigenvalue weighted by molar-refractivity contribution is 7.15. The standard InChI is InChI=1S/C37H41NO2S/c39-37(40)21-22-38(25-28-7-3-1-4-8-28)26-34-18-20-36(41-34)33-17-19-35-31(15-16-32(35)24-33)23-27-11-13-30(14-12-27)29-9-5-2-6-10-29/h1,3-4,7-8,11-14,17-20,24,29,31H,2,5-6,9-10,15-16,21-23,25-26H2,(H,39,40). The van der Waals surface area contributed by atoms with Gasteiger partial charge in [0.1, 0.15) is 0 Å². The van der Waals surface area contributed by atoms with Gasteiger partial charge in [-0.05, 0) is 89.5 Å². The van der Waals surface area contributed by atoms with E-state index in [9.17, 15) is 9.90 Å². The molecule has 4 aromatic rings. The first kappa shape index (κ1) is 27.9. The topological polar surface area (TPSA) is 40.5 Å². The Balaban J connectivity index is 1.10. The van der Waals surface area contributed by atoms with Gasteiger partial charge in [0, 0.05) is 29.4 Å². The Hall–Kier alpha value is -3.21. The number of carboxylic acid groups (broad SMARTS) is 1. The summed E-state index contributed by atoms with van der Waals surface area (Å²) < 4.78 is 0. The highest BCUT2D eigenvalue weighted by Crippen LogP contribution is 2.40. The summed E-state index contributed by atoms with van der Waals surface area (Å²) in [7, 11) is 0. The summed E-state index contributed by atoms with van der Waals surface area (Å²) in [6.45, 7) is 2.06. The lowest BCUT2D eigenvalue weighted by Crippen LogP contribution is -2.25. The average Bonchev–Trinajstić information content (AvgIpc) is 3.64. The fourth-order valence-electron chi connectivity index (χ4n) is 6.87. The molecular weight excluding hydrogens is 522 g/mol. The summed E-state index contributed by atoms with van der Waals surface area (Å²) in [5.41, 5.74) is 8.57. The van der Waals surface area contributed by atoms with Gasteiger partial charge in [0.05, 0.1) is 6.42 Å². The summed E-state index contributed by atoms with van der Waals surface area (Å²) in [6, 6.07) is 31.5. The molecule has 1 heterocycles. The maximum atomic E-state index is 11.3. The van der Waals surface area contributed by atoms with Crippen molar-refractivity contribution in [1.82, 2.24) is 4.90 Å². The second-order valence-electron chi connectivity index (χ2n) is 12.0. The number of benzene rings is 3. The van der Waals surface area contributed by atoms with E-state index in [1.54, 1.807) is 5.56 Å². The molecule has 4 heteroatoms. The Kier molecular flexibility index (Phi) is 8.98. The van der Waals surface area contributed by atoms with Crippen LogP contribution in [0.5, 0.6) is 0 Å². The van der Waals surface area contributed by atoms with Crippen LogP contribution in [0.3, 0.4) is 0 Å². The van der Waals surface area contributed by atoms with Crippen LogP contribution in [0.1, 0.15) is 89.5 Å². The van der Waals surface area contributed by atoms with Crippen molar-refractivity contribution in [2.75, 3.05) is 6.54 Å². The first-order chi connectivity index (χ1) is 20.1. The molecule has 1 saturated carbocycles. The molecule has 0 saturated heterocycles. The minimum atomic E-state index is -0.747. The van der Waals surface area contributed by atoms with E-state index in [0.717, 1.165) is 31.8 Å². The molecule has 0 radical (unpaired) electrons. The fourth-order valence-corrected chi connectivity index (χ4v) is 7.91. The van der Waals surface area contributed by atoms with Crippen LogP contribution in [0.2, 0.25) is 0 Å². The number of carbonyl (C=O) groups is 1. The van der Waals surface area contributed by atoms with Crippen LogP contribution in [-0.4, -0.2) is 22.5 Å². The first-order valence-electron chi connectivity index (χ1n) is 15.4. The molecule has 41 heavy (non-hydrogen) atoms. The lowest BCUT2D eigenvalue weighted by atomic mass is 9.83. The normalized spacial score (nSPS) is 17.1. The number of aryl methyl sites for hydroxylation is 1. The van der Waals surface area contributed by atoms with Crippen molar-refractivity contribution in [2.45, 2.75) is 82.7 Å². The molecule has 2 aliphatic rings. The van der Waals surface area contributed by atoms with Gasteiger partial charge >= 0.3 is 5.97 Å². The summed E-state index contributed by atoms with van der Waals surface area (Å²) in [4.78, 5) is 16.1. The predicted molar refractivity (Wildman–Crippen MR) is 170 cm³/mol. The van der Waals surface area contributed by atoms with Gasteiger partial charge in [-0.25, -0.2) is 0 Å². The third-order valence-corrected chi connectivity index (χ3v) is 10.2. The van der Waals surface area contributed by atoms with Crippen LogP contribution in [0.15, 0.2) is 84.9 Å². The van der Waals surface area contributed by atoms with Gasteiger partial charge in [0.2, 0.25) is 0 Å². The maximum Gasteiger partial charge on any atom is 0.304 e. The van der Waals surface area contributed by atoms with Crippen molar-refractivity contribution >= 4 is 17.3 Å². The SMILES string of the molecule is O=C(O)CCN(Cc1ccccc1)Cc1ccc(-c2ccc3c(c2)CCC3Cc2ccc(C3CCCCC3)cc2)s1. The monoisotopic (exact) mass is 563 g/mol. The number of carboxylic acids is 1. The Morgan fingerprint density at radius 3 is 2.41 bits per heavy atom. The number of thiophene rings is 1. The quantitative estimate of drug-likeness (QED) is 0.198. The number of hydrogen-bond donors (Lipinski definition) is 1. The van der Waals surface area contributed by atoms with Gasteiger partial charge in [-0.1, -0.05) is 92.1 Å². The summed E-state index contributed by atoms with van der Waals surface area (Å²) in [5, 5.41) is 9.26. The molecule has 212 valence electrons. The van der Waals surface area contributed by atoms with E-state index in [4.69, 9.17) is 0 Å². The molecule has 1 atom stereocenters. The molecule has 0 amide bonds. The van der Waals surface area contributed by atoms with Crippen LogP contribution in [0.4, 0.5) is 0 Å². The number of fused-ring (bicyclic) bond motifs is 1. The van der Waals surface area contributed by atoms with Gasteiger partial charge in [0.15, 0.2) is 0 Å². The zero-order valence-electron chi connectivity index (χ0n) is 23.9. The molecule has 0 aliphatic heterocycles.